The number of hydrogen-bond donors (Lipinski definition) is 1. The molecule has 2 amide bonds. The average Bonchev–Trinajstić information content (AvgIpc) is 3.20. The van der Waals surface area contributed by atoms with Crippen LogP contribution in [-0.2, 0) is 16.1 Å². The van der Waals surface area contributed by atoms with Gasteiger partial charge in [-0.1, -0.05) is 12.1 Å². The second-order valence-electron chi connectivity index (χ2n) is 7.77. The predicted molar refractivity (Wildman–Crippen MR) is 110 cm³/mol. The number of aryl methyl sites for hydroxylation is 1. The Morgan fingerprint density at radius 3 is 2.45 bits per heavy atom. The molecule has 2 aliphatic rings. The van der Waals surface area contributed by atoms with Gasteiger partial charge in [-0.15, -0.1) is 0 Å². The van der Waals surface area contributed by atoms with Crippen molar-refractivity contribution >= 4 is 17.8 Å². The zero-order valence-electron chi connectivity index (χ0n) is 17.8. The van der Waals surface area contributed by atoms with Crippen LogP contribution < -0.4 is 0 Å². The van der Waals surface area contributed by atoms with Gasteiger partial charge < -0.3 is 14.9 Å². The molecule has 2 atom stereocenters. The van der Waals surface area contributed by atoms with Gasteiger partial charge >= 0.3 is 12.1 Å². The molecule has 2 aliphatic heterocycles. The van der Waals surface area contributed by atoms with Crippen molar-refractivity contribution in [3.8, 4) is 0 Å². The minimum atomic E-state index is -5.08. The maximum Gasteiger partial charge on any atom is 0.490 e. The molecule has 11 heteroatoms. The average molecular weight is 464 g/mol. The summed E-state index contributed by atoms with van der Waals surface area (Å²) in [7, 11) is 0. The summed E-state index contributed by atoms with van der Waals surface area (Å²) in [5.41, 5.74) is 2.31. The molecular weight excluding hydrogens is 441 g/mol. The van der Waals surface area contributed by atoms with Crippen molar-refractivity contribution in [3.05, 3.63) is 59.7 Å². The van der Waals surface area contributed by atoms with E-state index in [-0.39, 0.29) is 23.9 Å². The summed E-state index contributed by atoms with van der Waals surface area (Å²) in [5, 5.41) is 7.12. The Morgan fingerprint density at radius 1 is 1.12 bits per heavy atom. The second kappa shape index (κ2) is 9.97. The van der Waals surface area contributed by atoms with Crippen molar-refractivity contribution in [1.82, 2.24) is 19.8 Å². The molecule has 2 fully saturated rings. The monoisotopic (exact) mass is 464 g/mol. The number of pyridine rings is 2. The van der Waals surface area contributed by atoms with Gasteiger partial charge in [-0.25, -0.2) is 4.79 Å². The lowest BCUT2D eigenvalue weighted by Crippen LogP contribution is -2.52. The molecule has 0 aromatic carbocycles. The highest BCUT2D eigenvalue weighted by atomic mass is 19.4. The largest absolute Gasteiger partial charge is 0.490 e. The Morgan fingerprint density at radius 2 is 1.85 bits per heavy atom. The SMILES string of the molecule is Cc1cccc(CN2C(=O)CC[C@H]3[C@@H]2CCN3C(=O)c2ccccn2)n1.O=C(O)C(F)(F)F. The molecule has 4 heterocycles. The van der Waals surface area contributed by atoms with Crippen LogP contribution in [0.4, 0.5) is 13.2 Å². The molecule has 0 saturated carbocycles. The molecule has 1 N–H and O–H groups in total. The lowest BCUT2D eigenvalue weighted by Gasteiger charge is -2.39. The van der Waals surface area contributed by atoms with Crippen molar-refractivity contribution in [1.29, 1.82) is 0 Å². The molecule has 0 aliphatic carbocycles. The van der Waals surface area contributed by atoms with Gasteiger partial charge in [-0.3, -0.25) is 19.6 Å². The number of carboxylic acid groups (broad SMARTS) is 1. The summed E-state index contributed by atoms with van der Waals surface area (Å²) in [6.45, 7) is 3.12. The van der Waals surface area contributed by atoms with Crippen LogP contribution in [0, 0.1) is 6.92 Å². The van der Waals surface area contributed by atoms with Crippen molar-refractivity contribution in [2.45, 2.75) is 51.0 Å². The van der Waals surface area contributed by atoms with Crippen LogP contribution in [0.15, 0.2) is 42.6 Å². The molecular formula is C22H23F3N4O4. The Labute approximate surface area is 188 Å². The highest BCUT2D eigenvalue weighted by Gasteiger charge is 2.45. The van der Waals surface area contributed by atoms with Crippen LogP contribution in [-0.4, -0.2) is 67.5 Å². The molecule has 2 aromatic rings. The number of amides is 2. The van der Waals surface area contributed by atoms with Gasteiger partial charge in [0.2, 0.25) is 5.91 Å². The van der Waals surface area contributed by atoms with Crippen LogP contribution in [0.25, 0.3) is 0 Å². The smallest absolute Gasteiger partial charge is 0.475 e. The molecule has 0 bridgehead atoms. The first-order valence-corrected chi connectivity index (χ1v) is 10.3. The lowest BCUT2D eigenvalue weighted by molar-refractivity contribution is -0.192. The van der Waals surface area contributed by atoms with E-state index >= 15 is 0 Å². The van der Waals surface area contributed by atoms with E-state index in [0.29, 0.717) is 25.2 Å². The molecule has 0 radical (unpaired) electrons. The molecule has 2 aromatic heterocycles. The topological polar surface area (TPSA) is 104 Å². The Balaban J connectivity index is 0.000000383. The number of likely N-dealkylation sites (tertiary alicyclic amines) is 2. The molecule has 33 heavy (non-hydrogen) atoms. The molecule has 2 saturated heterocycles. The molecule has 0 unspecified atom stereocenters. The number of fused-ring (bicyclic) bond motifs is 1. The maximum atomic E-state index is 12.8. The third kappa shape index (κ3) is 5.85. The first-order chi connectivity index (χ1) is 15.6. The van der Waals surface area contributed by atoms with E-state index in [1.807, 2.05) is 41.0 Å². The number of aliphatic carboxylic acids is 1. The van der Waals surface area contributed by atoms with E-state index in [1.54, 1.807) is 18.3 Å². The first-order valence-electron chi connectivity index (χ1n) is 10.3. The predicted octanol–water partition coefficient (Wildman–Crippen LogP) is 2.82. The Kier molecular flexibility index (Phi) is 7.29. The molecule has 4 rings (SSSR count). The quantitative estimate of drug-likeness (QED) is 0.749. The number of aromatic nitrogens is 2. The zero-order valence-corrected chi connectivity index (χ0v) is 17.8. The van der Waals surface area contributed by atoms with Crippen molar-refractivity contribution in [3.63, 3.8) is 0 Å². The normalized spacial score (nSPS) is 20.1. The number of carbonyl (C=O) groups excluding carboxylic acids is 2. The van der Waals surface area contributed by atoms with E-state index in [4.69, 9.17) is 9.90 Å². The van der Waals surface area contributed by atoms with Crippen LogP contribution >= 0.6 is 0 Å². The number of carbonyl (C=O) groups is 3. The van der Waals surface area contributed by atoms with Crippen LogP contribution in [0.1, 0.15) is 41.1 Å². The van der Waals surface area contributed by atoms with Gasteiger partial charge in [0.25, 0.3) is 5.91 Å². The number of alkyl halides is 3. The van der Waals surface area contributed by atoms with E-state index < -0.39 is 12.1 Å². The molecule has 176 valence electrons. The Hall–Kier alpha value is -3.50. The summed E-state index contributed by atoms with van der Waals surface area (Å²) in [6.07, 6.45) is -1.44. The van der Waals surface area contributed by atoms with Gasteiger partial charge in [0.15, 0.2) is 0 Å². The van der Waals surface area contributed by atoms with E-state index in [2.05, 4.69) is 9.97 Å². The van der Waals surface area contributed by atoms with E-state index in [1.165, 1.54) is 0 Å². The van der Waals surface area contributed by atoms with Gasteiger partial charge in [-0.2, -0.15) is 13.2 Å². The van der Waals surface area contributed by atoms with Crippen LogP contribution in [0.5, 0.6) is 0 Å². The minimum absolute atomic E-state index is 0.0407. The van der Waals surface area contributed by atoms with Gasteiger partial charge in [0, 0.05) is 24.9 Å². The fourth-order valence-electron chi connectivity index (χ4n) is 4.11. The zero-order chi connectivity index (χ0) is 24.2. The third-order valence-corrected chi connectivity index (χ3v) is 5.55. The fraction of sp³-hybridized carbons (Fsp3) is 0.409. The number of halogens is 3. The number of nitrogens with zero attached hydrogens (tertiary/aromatic N) is 4. The number of piperidine rings is 1. The number of hydrogen-bond acceptors (Lipinski definition) is 5. The van der Waals surface area contributed by atoms with Crippen molar-refractivity contribution in [2.24, 2.45) is 0 Å². The Bertz CT molecular complexity index is 1020. The van der Waals surface area contributed by atoms with Crippen molar-refractivity contribution < 1.29 is 32.7 Å². The third-order valence-electron chi connectivity index (χ3n) is 5.55. The molecule has 0 spiro atoms. The van der Waals surface area contributed by atoms with Gasteiger partial charge in [0.05, 0.1) is 24.3 Å². The second-order valence-corrected chi connectivity index (χ2v) is 7.77. The standard InChI is InChI=1S/C20H22N4O2.C2HF3O2/c1-14-5-4-6-15(22-14)13-24-18-10-12-23(17(18)8-9-19(24)25)20(26)16-7-2-3-11-21-16;3-2(4,5)1(6)7/h2-7,11,17-18H,8-10,12-13H2,1H3;(H,6,7)/t17-,18-;/m0./s1. The summed E-state index contributed by atoms with van der Waals surface area (Å²) < 4.78 is 31.7. The van der Waals surface area contributed by atoms with Crippen LogP contribution in [0.3, 0.4) is 0 Å². The van der Waals surface area contributed by atoms with E-state index in [0.717, 1.165) is 24.2 Å². The highest BCUT2D eigenvalue weighted by molar-refractivity contribution is 5.93. The highest BCUT2D eigenvalue weighted by Crippen LogP contribution is 2.33. The van der Waals surface area contributed by atoms with Gasteiger partial charge in [0.1, 0.15) is 5.69 Å². The number of rotatable bonds is 3. The summed E-state index contributed by atoms with van der Waals surface area (Å²) in [4.78, 5) is 46.8. The summed E-state index contributed by atoms with van der Waals surface area (Å²) in [5.74, 6) is -2.64. The first kappa shape index (κ1) is 24.1. The lowest BCUT2D eigenvalue weighted by atomic mass is 9.95. The summed E-state index contributed by atoms with van der Waals surface area (Å²) in [6, 6.07) is 11.4. The minimum Gasteiger partial charge on any atom is -0.475 e. The van der Waals surface area contributed by atoms with Gasteiger partial charge in [-0.05, 0) is 44.0 Å². The van der Waals surface area contributed by atoms with Crippen molar-refractivity contribution in [2.75, 3.05) is 6.54 Å². The number of carboxylic acids is 1. The maximum absolute atomic E-state index is 12.8. The van der Waals surface area contributed by atoms with Crippen LogP contribution in [0.2, 0.25) is 0 Å². The fourth-order valence-corrected chi connectivity index (χ4v) is 4.11. The summed E-state index contributed by atoms with van der Waals surface area (Å²) >= 11 is 0. The molecule has 8 nitrogen and oxygen atoms in total. The van der Waals surface area contributed by atoms with E-state index in [9.17, 15) is 22.8 Å².